The Bertz CT molecular complexity index is 557. The minimum absolute atomic E-state index is 0.677. The van der Waals surface area contributed by atoms with Gasteiger partial charge >= 0.3 is 0 Å². The van der Waals surface area contributed by atoms with E-state index in [-0.39, 0.29) is 0 Å². The van der Waals surface area contributed by atoms with Gasteiger partial charge in [0.15, 0.2) is 0 Å². The summed E-state index contributed by atoms with van der Waals surface area (Å²) in [7, 11) is 0. The molecule has 0 spiro atoms. The molecule has 2 aliphatic carbocycles. The zero-order valence-corrected chi connectivity index (χ0v) is 12.4. The van der Waals surface area contributed by atoms with Crippen LogP contribution in [0.15, 0.2) is 41.0 Å². The van der Waals surface area contributed by atoms with Crippen LogP contribution in [0.1, 0.15) is 49.3 Å². The lowest BCUT2D eigenvalue weighted by atomic mass is 9.84. The SMILES string of the molecule is CC1=CC(Cc2cccc(C)c2C)C2=C1CCCC2. The Balaban J connectivity index is 1.88. The molecule has 0 radical (unpaired) electrons. The van der Waals surface area contributed by atoms with Gasteiger partial charge in [-0.3, -0.25) is 0 Å². The maximum atomic E-state index is 2.53. The molecule has 0 bridgehead atoms. The van der Waals surface area contributed by atoms with Crippen LogP contribution in [0.4, 0.5) is 0 Å². The summed E-state index contributed by atoms with van der Waals surface area (Å²) in [5, 5.41) is 0. The quantitative estimate of drug-likeness (QED) is 0.670. The summed E-state index contributed by atoms with van der Waals surface area (Å²) in [6, 6.07) is 6.74. The first-order valence-corrected chi connectivity index (χ1v) is 7.62. The minimum atomic E-state index is 0.677. The highest BCUT2D eigenvalue weighted by atomic mass is 14.3. The monoisotopic (exact) mass is 252 g/mol. The molecule has 0 heterocycles. The van der Waals surface area contributed by atoms with Crippen LogP contribution < -0.4 is 0 Å². The van der Waals surface area contributed by atoms with Crippen molar-refractivity contribution in [2.45, 2.75) is 52.9 Å². The molecule has 19 heavy (non-hydrogen) atoms. The summed E-state index contributed by atoms with van der Waals surface area (Å²) in [5.74, 6) is 0.677. The van der Waals surface area contributed by atoms with Crippen LogP contribution in [-0.2, 0) is 6.42 Å². The number of allylic oxidation sites excluding steroid dienone is 4. The molecule has 1 unspecified atom stereocenters. The van der Waals surface area contributed by atoms with Crippen molar-refractivity contribution in [1.29, 1.82) is 0 Å². The van der Waals surface area contributed by atoms with E-state index in [1.807, 2.05) is 0 Å². The van der Waals surface area contributed by atoms with Crippen molar-refractivity contribution in [1.82, 2.24) is 0 Å². The summed E-state index contributed by atoms with van der Waals surface area (Å²) < 4.78 is 0. The van der Waals surface area contributed by atoms with Gasteiger partial charge in [0, 0.05) is 5.92 Å². The number of hydrogen-bond acceptors (Lipinski definition) is 0. The van der Waals surface area contributed by atoms with Crippen molar-refractivity contribution in [3.8, 4) is 0 Å². The fraction of sp³-hybridized carbons (Fsp3) is 0.474. The zero-order chi connectivity index (χ0) is 13.4. The Hall–Kier alpha value is -1.30. The van der Waals surface area contributed by atoms with Crippen molar-refractivity contribution < 1.29 is 0 Å². The van der Waals surface area contributed by atoms with E-state index in [1.165, 1.54) is 48.8 Å². The Labute approximate surface area is 117 Å². The third-order valence-corrected chi connectivity index (χ3v) is 5.04. The Morgan fingerprint density at radius 2 is 1.84 bits per heavy atom. The van der Waals surface area contributed by atoms with Gasteiger partial charge < -0.3 is 0 Å². The fourth-order valence-corrected chi connectivity index (χ4v) is 3.74. The van der Waals surface area contributed by atoms with Gasteiger partial charge in [-0.25, -0.2) is 0 Å². The second-order valence-electron chi connectivity index (χ2n) is 6.23. The molecular weight excluding hydrogens is 228 g/mol. The van der Waals surface area contributed by atoms with E-state index in [0.717, 1.165) is 0 Å². The highest BCUT2D eigenvalue weighted by molar-refractivity contribution is 5.46. The third kappa shape index (κ3) is 2.29. The van der Waals surface area contributed by atoms with E-state index in [1.54, 1.807) is 16.7 Å². The molecule has 2 aliphatic rings. The molecular formula is C19H24. The molecule has 0 aromatic heterocycles. The van der Waals surface area contributed by atoms with Crippen LogP contribution in [-0.4, -0.2) is 0 Å². The molecule has 1 atom stereocenters. The van der Waals surface area contributed by atoms with Crippen LogP contribution in [0.5, 0.6) is 0 Å². The minimum Gasteiger partial charge on any atom is -0.0738 e. The van der Waals surface area contributed by atoms with Crippen LogP contribution >= 0.6 is 0 Å². The van der Waals surface area contributed by atoms with Crippen molar-refractivity contribution in [2.75, 3.05) is 0 Å². The first-order valence-electron chi connectivity index (χ1n) is 7.62. The molecule has 0 amide bonds. The van der Waals surface area contributed by atoms with Crippen LogP contribution in [0.3, 0.4) is 0 Å². The van der Waals surface area contributed by atoms with Gasteiger partial charge in [0.1, 0.15) is 0 Å². The van der Waals surface area contributed by atoms with E-state index in [4.69, 9.17) is 0 Å². The van der Waals surface area contributed by atoms with Crippen LogP contribution in [0.25, 0.3) is 0 Å². The Morgan fingerprint density at radius 3 is 2.68 bits per heavy atom. The van der Waals surface area contributed by atoms with E-state index in [9.17, 15) is 0 Å². The lowest BCUT2D eigenvalue weighted by Gasteiger charge is -2.21. The van der Waals surface area contributed by atoms with Gasteiger partial charge in [-0.1, -0.05) is 35.4 Å². The van der Waals surface area contributed by atoms with Gasteiger partial charge in [-0.2, -0.15) is 0 Å². The first kappa shape index (κ1) is 12.7. The maximum absolute atomic E-state index is 2.53. The molecule has 0 saturated carbocycles. The van der Waals surface area contributed by atoms with Gasteiger partial charge in [-0.15, -0.1) is 0 Å². The lowest BCUT2D eigenvalue weighted by Crippen LogP contribution is -2.08. The normalized spacial score (nSPS) is 22.5. The number of aryl methyl sites for hydroxylation is 1. The van der Waals surface area contributed by atoms with Crippen molar-refractivity contribution >= 4 is 0 Å². The molecule has 0 fully saturated rings. The van der Waals surface area contributed by atoms with E-state index < -0.39 is 0 Å². The second kappa shape index (κ2) is 5.00. The summed E-state index contributed by atoms with van der Waals surface area (Å²) in [5.41, 5.74) is 9.46. The molecule has 0 heteroatoms. The molecule has 100 valence electrons. The number of hydrogen-bond donors (Lipinski definition) is 0. The summed E-state index contributed by atoms with van der Waals surface area (Å²) in [6.07, 6.45) is 9.16. The van der Waals surface area contributed by atoms with Crippen LogP contribution in [0, 0.1) is 19.8 Å². The maximum Gasteiger partial charge on any atom is 0.00290 e. The molecule has 1 aromatic carbocycles. The average Bonchev–Trinajstić information content (AvgIpc) is 2.73. The zero-order valence-electron chi connectivity index (χ0n) is 12.4. The highest BCUT2D eigenvalue weighted by Crippen LogP contribution is 2.41. The molecule has 0 N–H and O–H groups in total. The first-order chi connectivity index (χ1) is 9.16. The molecule has 3 rings (SSSR count). The lowest BCUT2D eigenvalue weighted by molar-refractivity contribution is 0.620. The van der Waals surface area contributed by atoms with Crippen molar-refractivity contribution in [2.24, 2.45) is 5.92 Å². The topological polar surface area (TPSA) is 0 Å². The average molecular weight is 252 g/mol. The van der Waals surface area contributed by atoms with Gasteiger partial charge in [0.2, 0.25) is 0 Å². The summed E-state index contributed by atoms with van der Waals surface area (Å²) >= 11 is 0. The Morgan fingerprint density at radius 1 is 1.05 bits per heavy atom. The molecule has 0 aliphatic heterocycles. The summed E-state index contributed by atoms with van der Waals surface area (Å²) in [4.78, 5) is 0. The van der Waals surface area contributed by atoms with Gasteiger partial charge in [-0.05, 0) is 75.1 Å². The van der Waals surface area contributed by atoms with E-state index in [2.05, 4.69) is 45.0 Å². The van der Waals surface area contributed by atoms with Crippen molar-refractivity contribution in [3.05, 3.63) is 57.7 Å². The molecule has 0 nitrogen and oxygen atoms in total. The van der Waals surface area contributed by atoms with Gasteiger partial charge in [0.05, 0.1) is 0 Å². The largest absolute Gasteiger partial charge is 0.0738 e. The van der Waals surface area contributed by atoms with E-state index in [0.29, 0.717) is 5.92 Å². The third-order valence-electron chi connectivity index (χ3n) is 5.04. The number of rotatable bonds is 2. The standard InChI is InChI=1S/C19H24/c1-13-7-6-8-16(15(13)3)12-17-11-14(2)18-9-4-5-10-19(17)18/h6-8,11,17H,4-5,9-10,12H2,1-3H3. The smallest absolute Gasteiger partial charge is 0.00290 e. The predicted octanol–water partition coefficient (Wildman–Crippen LogP) is 5.29. The van der Waals surface area contributed by atoms with Crippen LogP contribution in [0.2, 0.25) is 0 Å². The molecule has 1 aromatic rings. The predicted molar refractivity (Wildman–Crippen MR) is 82.4 cm³/mol. The number of benzene rings is 1. The van der Waals surface area contributed by atoms with E-state index >= 15 is 0 Å². The fourth-order valence-electron chi connectivity index (χ4n) is 3.74. The highest BCUT2D eigenvalue weighted by Gasteiger charge is 2.26. The summed E-state index contributed by atoms with van der Waals surface area (Å²) in [6.45, 7) is 6.80. The molecule has 0 saturated heterocycles. The van der Waals surface area contributed by atoms with Crippen molar-refractivity contribution in [3.63, 3.8) is 0 Å². The van der Waals surface area contributed by atoms with Gasteiger partial charge in [0.25, 0.3) is 0 Å². The Kier molecular flexibility index (Phi) is 3.35. The second-order valence-corrected chi connectivity index (χ2v) is 6.23.